The smallest absolute Gasteiger partial charge is 0.253 e. The third-order valence-electron chi connectivity index (χ3n) is 3.61. The summed E-state index contributed by atoms with van der Waals surface area (Å²) >= 11 is 0. The van der Waals surface area contributed by atoms with E-state index in [1.54, 1.807) is 13.1 Å². The number of nitrogens with two attached hydrogens (primary N) is 1. The van der Waals surface area contributed by atoms with Crippen molar-refractivity contribution < 1.29 is 4.79 Å². The lowest BCUT2D eigenvalue weighted by atomic mass is 10.0. The molecule has 0 saturated carbocycles. The summed E-state index contributed by atoms with van der Waals surface area (Å²) in [6.45, 7) is 3.20. The van der Waals surface area contributed by atoms with Gasteiger partial charge in [-0.05, 0) is 44.4 Å². The lowest BCUT2D eigenvalue weighted by molar-refractivity contribution is 0.0963. The molecule has 3 N–H and O–H groups in total. The van der Waals surface area contributed by atoms with Crippen LogP contribution in [-0.4, -0.2) is 25.5 Å². The minimum absolute atomic E-state index is 0.0530. The monoisotopic (exact) mass is 247 g/mol. The van der Waals surface area contributed by atoms with E-state index >= 15 is 0 Å². The summed E-state index contributed by atoms with van der Waals surface area (Å²) in [6, 6.07) is 5.96. The number of hydrogen-bond acceptors (Lipinski definition) is 3. The van der Waals surface area contributed by atoms with E-state index in [1.165, 1.54) is 19.3 Å². The highest BCUT2D eigenvalue weighted by atomic mass is 16.1. The molecule has 0 radical (unpaired) electrons. The van der Waals surface area contributed by atoms with Gasteiger partial charge in [0.05, 0.1) is 11.3 Å². The number of anilines is 2. The summed E-state index contributed by atoms with van der Waals surface area (Å²) < 4.78 is 0. The lowest BCUT2D eigenvalue weighted by Crippen LogP contribution is -2.39. The quantitative estimate of drug-likeness (QED) is 0.786. The van der Waals surface area contributed by atoms with Gasteiger partial charge in [0, 0.05) is 25.3 Å². The second-order valence-corrected chi connectivity index (χ2v) is 4.89. The van der Waals surface area contributed by atoms with Gasteiger partial charge >= 0.3 is 0 Å². The van der Waals surface area contributed by atoms with Crippen molar-refractivity contribution in [2.75, 3.05) is 24.2 Å². The fourth-order valence-corrected chi connectivity index (χ4v) is 2.57. The van der Waals surface area contributed by atoms with E-state index in [0.29, 0.717) is 17.3 Å². The van der Waals surface area contributed by atoms with Gasteiger partial charge < -0.3 is 16.0 Å². The normalized spacial score (nSPS) is 19.7. The first-order valence-electron chi connectivity index (χ1n) is 6.51. The molecule has 4 nitrogen and oxygen atoms in total. The van der Waals surface area contributed by atoms with Crippen molar-refractivity contribution in [3.05, 3.63) is 23.8 Å². The summed E-state index contributed by atoms with van der Waals surface area (Å²) in [5.74, 6) is -0.0530. The van der Waals surface area contributed by atoms with Crippen LogP contribution in [0.15, 0.2) is 18.2 Å². The third kappa shape index (κ3) is 2.42. The first-order chi connectivity index (χ1) is 8.63. The largest absolute Gasteiger partial charge is 0.399 e. The number of benzene rings is 1. The molecule has 1 atom stereocenters. The molecule has 1 amide bonds. The summed E-state index contributed by atoms with van der Waals surface area (Å²) in [5, 5.41) is 2.69. The van der Waals surface area contributed by atoms with Crippen LogP contribution in [0.1, 0.15) is 36.5 Å². The zero-order chi connectivity index (χ0) is 13.1. The van der Waals surface area contributed by atoms with Crippen molar-refractivity contribution in [3.63, 3.8) is 0 Å². The van der Waals surface area contributed by atoms with Crippen LogP contribution < -0.4 is 16.0 Å². The molecule has 18 heavy (non-hydrogen) atoms. The average molecular weight is 247 g/mol. The SMILES string of the molecule is CNC(=O)c1ccc(N)cc1N1CCCCC1C. The van der Waals surface area contributed by atoms with Crippen LogP contribution in [0, 0.1) is 0 Å². The van der Waals surface area contributed by atoms with E-state index in [2.05, 4.69) is 17.1 Å². The standard InChI is InChI=1S/C14H21N3O/c1-10-5-3-4-8-17(10)13-9-11(15)6-7-12(13)14(18)16-2/h6-7,9-10H,3-5,8,15H2,1-2H3,(H,16,18). The highest BCUT2D eigenvalue weighted by Crippen LogP contribution is 2.29. The molecule has 0 spiro atoms. The Morgan fingerprint density at radius 3 is 2.89 bits per heavy atom. The van der Waals surface area contributed by atoms with Crippen molar-refractivity contribution in [1.29, 1.82) is 0 Å². The lowest BCUT2D eigenvalue weighted by Gasteiger charge is -2.36. The van der Waals surface area contributed by atoms with Crippen LogP contribution in [0.25, 0.3) is 0 Å². The number of amides is 1. The first-order valence-corrected chi connectivity index (χ1v) is 6.51. The van der Waals surface area contributed by atoms with Gasteiger partial charge in [0.25, 0.3) is 5.91 Å². The molecule has 1 aromatic rings. The van der Waals surface area contributed by atoms with Crippen molar-refractivity contribution >= 4 is 17.3 Å². The number of carbonyl (C=O) groups excluding carboxylic acids is 1. The Hall–Kier alpha value is -1.71. The Balaban J connectivity index is 2.40. The van der Waals surface area contributed by atoms with Gasteiger partial charge in [0.15, 0.2) is 0 Å². The second-order valence-electron chi connectivity index (χ2n) is 4.89. The molecule has 4 heteroatoms. The highest BCUT2D eigenvalue weighted by Gasteiger charge is 2.23. The molecule has 1 saturated heterocycles. The second kappa shape index (κ2) is 5.29. The number of rotatable bonds is 2. The van der Waals surface area contributed by atoms with Gasteiger partial charge in [-0.1, -0.05) is 0 Å². The average Bonchev–Trinajstić information content (AvgIpc) is 2.38. The van der Waals surface area contributed by atoms with Gasteiger partial charge in [-0.25, -0.2) is 0 Å². The third-order valence-corrected chi connectivity index (χ3v) is 3.61. The molecule has 1 fully saturated rings. The van der Waals surface area contributed by atoms with E-state index in [-0.39, 0.29) is 5.91 Å². The predicted molar refractivity (Wildman–Crippen MR) is 74.9 cm³/mol. The summed E-state index contributed by atoms with van der Waals surface area (Å²) in [4.78, 5) is 14.2. The minimum atomic E-state index is -0.0530. The summed E-state index contributed by atoms with van der Waals surface area (Å²) in [5.41, 5.74) is 8.24. The Kier molecular flexibility index (Phi) is 3.75. The molecule has 0 aliphatic carbocycles. The minimum Gasteiger partial charge on any atom is -0.399 e. The molecule has 1 aromatic carbocycles. The molecular weight excluding hydrogens is 226 g/mol. The van der Waals surface area contributed by atoms with Gasteiger partial charge in [0.1, 0.15) is 0 Å². The Morgan fingerprint density at radius 1 is 1.44 bits per heavy atom. The van der Waals surface area contributed by atoms with Crippen LogP contribution in [0.2, 0.25) is 0 Å². The molecule has 2 rings (SSSR count). The van der Waals surface area contributed by atoms with Crippen LogP contribution >= 0.6 is 0 Å². The number of hydrogen-bond donors (Lipinski definition) is 2. The molecule has 1 aliphatic rings. The highest BCUT2D eigenvalue weighted by molar-refractivity contribution is 6.00. The van der Waals surface area contributed by atoms with E-state index < -0.39 is 0 Å². The Morgan fingerprint density at radius 2 is 2.22 bits per heavy atom. The van der Waals surface area contributed by atoms with Crippen LogP contribution in [-0.2, 0) is 0 Å². The van der Waals surface area contributed by atoms with Gasteiger partial charge in [-0.15, -0.1) is 0 Å². The number of piperidine rings is 1. The van der Waals surface area contributed by atoms with E-state index in [1.807, 2.05) is 12.1 Å². The molecule has 98 valence electrons. The molecule has 1 unspecified atom stereocenters. The fraction of sp³-hybridized carbons (Fsp3) is 0.500. The molecule has 1 aliphatic heterocycles. The summed E-state index contributed by atoms with van der Waals surface area (Å²) in [6.07, 6.45) is 3.60. The van der Waals surface area contributed by atoms with Crippen molar-refractivity contribution in [3.8, 4) is 0 Å². The first kappa shape index (κ1) is 12.7. The number of carbonyl (C=O) groups is 1. The number of nitrogens with one attached hydrogen (secondary N) is 1. The van der Waals surface area contributed by atoms with Crippen molar-refractivity contribution in [1.82, 2.24) is 5.32 Å². The van der Waals surface area contributed by atoms with E-state index in [4.69, 9.17) is 5.73 Å². The van der Waals surface area contributed by atoms with Crippen molar-refractivity contribution in [2.24, 2.45) is 0 Å². The predicted octanol–water partition coefficient (Wildman–Crippen LogP) is 2.01. The zero-order valence-electron chi connectivity index (χ0n) is 11.1. The van der Waals surface area contributed by atoms with Gasteiger partial charge in [-0.3, -0.25) is 4.79 Å². The zero-order valence-corrected chi connectivity index (χ0v) is 11.1. The Bertz CT molecular complexity index is 445. The molecule has 0 bridgehead atoms. The molecular formula is C14H21N3O. The van der Waals surface area contributed by atoms with Gasteiger partial charge in [-0.2, -0.15) is 0 Å². The van der Waals surface area contributed by atoms with Crippen LogP contribution in [0.3, 0.4) is 0 Å². The van der Waals surface area contributed by atoms with E-state index in [0.717, 1.165) is 12.2 Å². The number of nitrogen functional groups attached to an aromatic ring is 1. The maximum absolute atomic E-state index is 11.9. The van der Waals surface area contributed by atoms with Crippen molar-refractivity contribution in [2.45, 2.75) is 32.2 Å². The topological polar surface area (TPSA) is 58.4 Å². The fourth-order valence-electron chi connectivity index (χ4n) is 2.57. The molecule has 1 heterocycles. The van der Waals surface area contributed by atoms with Crippen LogP contribution in [0.4, 0.5) is 11.4 Å². The van der Waals surface area contributed by atoms with Gasteiger partial charge in [0.2, 0.25) is 0 Å². The maximum atomic E-state index is 11.9. The van der Waals surface area contributed by atoms with Crippen LogP contribution in [0.5, 0.6) is 0 Å². The van der Waals surface area contributed by atoms with E-state index in [9.17, 15) is 4.79 Å². The molecule has 0 aromatic heterocycles. The Labute approximate surface area is 108 Å². The maximum Gasteiger partial charge on any atom is 0.253 e. The number of nitrogens with zero attached hydrogens (tertiary/aromatic N) is 1. The summed E-state index contributed by atoms with van der Waals surface area (Å²) in [7, 11) is 1.65.